The molecule has 0 aliphatic rings. The summed E-state index contributed by atoms with van der Waals surface area (Å²) in [6.07, 6.45) is 2.65. The van der Waals surface area contributed by atoms with Gasteiger partial charge in [0, 0.05) is 6.42 Å². The second-order valence-electron chi connectivity index (χ2n) is 5.16. The predicted molar refractivity (Wildman–Crippen MR) is 73.3 cm³/mol. The topological polar surface area (TPSA) is 32.3 Å². The van der Waals surface area contributed by atoms with Gasteiger partial charge in [0.1, 0.15) is 0 Å². The van der Waals surface area contributed by atoms with Gasteiger partial charge in [-0.2, -0.15) is 0 Å². The Kier molecular flexibility index (Phi) is 5.66. The molecule has 2 heteroatoms. The van der Waals surface area contributed by atoms with Crippen molar-refractivity contribution in [3.63, 3.8) is 0 Å². The van der Waals surface area contributed by atoms with Crippen LogP contribution in [0.1, 0.15) is 37.8 Å². The van der Waals surface area contributed by atoms with Gasteiger partial charge in [-0.1, -0.05) is 36.8 Å². The molecule has 0 saturated heterocycles. The number of aryl methyl sites for hydroxylation is 1. The van der Waals surface area contributed by atoms with E-state index in [1.54, 1.807) is 0 Å². The average Bonchev–Trinajstić information content (AvgIpc) is 2.27. The largest absolute Gasteiger partial charge is 0.390 e. The highest BCUT2D eigenvalue weighted by molar-refractivity contribution is 5.22. The summed E-state index contributed by atoms with van der Waals surface area (Å²) in [5.74, 6) is 0. The summed E-state index contributed by atoms with van der Waals surface area (Å²) in [6.45, 7) is 8.06. The molecule has 1 unspecified atom stereocenters. The summed E-state index contributed by atoms with van der Waals surface area (Å²) in [4.78, 5) is 0. The van der Waals surface area contributed by atoms with E-state index in [1.807, 2.05) is 6.92 Å². The van der Waals surface area contributed by atoms with Crippen molar-refractivity contribution in [3.8, 4) is 0 Å². The molecule has 2 N–H and O–H groups in total. The SMILES string of the molecule is CCCNCCC(C)(O)Cc1ccc(C)cc1. The Morgan fingerprint density at radius 2 is 1.82 bits per heavy atom. The number of nitrogens with one attached hydrogen (secondary N) is 1. The predicted octanol–water partition coefficient (Wildman–Crippen LogP) is 2.68. The van der Waals surface area contributed by atoms with Crippen molar-refractivity contribution in [1.29, 1.82) is 0 Å². The average molecular weight is 235 g/mol. The Labute approximate surface area is 105 Å². The molecule has 1 aromatic carbocycles. The minimum atomic E-state index is -0.615. The molecule has 0 aliphatic heterocycles. The van der Waals surface area contributed by atoms with Gasteiger partial charge in [-0.3, -0.25) is 0 Å². The van der Waals surface area contributed by atoms with Crippen LogP contribution in [0.2, 0.25) is 0 Å². The zero-order valence-electron chi connectivity index (χ0n) is 11.3. The van der Waals surface area contributed by atoms with Crippen LogP contribution in [0.3, 0.4) is 0 Å². The van der Waals surface area contributed by atoms with Gasteiger partial charge >= 0.3 is 0 Å². The Bertz CT molecular complexity index is 316. The van der Waals surface area contributed by atoms with E-state index in [-0.39, 0.29) is 0 Å². The van der Waals surface area contributed by atoms with Crippen molar-refractivity contribution in [2.45, 2.75) is 45.6 Å². The van der Waals surface area contributed by atoms with E-state index in [9.17, 15) is 5.11 Å². The van der Waals surface area contributed by atoms with Crippen LogP contribution in [0.25, 0.3) is 0 Å². The first kappa shape index (κ1) is 14.2. The molecule has 0 radical (unpaired) electrons. The highest BCUT2D eigenvalue weighted by Gasteiger charge is 2.20. The van der Waals surface area contributed by atoms with Gasteiger partial charge in [-0.15, -0.1) is 0 Å². The normalized spacial score (nSPS) is 14.6. The van der Waals surface area contributed by atoms with Crippen LogP contribution < -0.4 is 5.32 Å². The maximum absolute atomic E-state index is 10.3. The first-order valence-corrected chi connectivity index (χ1v) is 6.52. The molecule has 1 rings (SSSR count). The summed E-state index contributed by atoms with van der Waals surface area (Å²) in [6, 6.07) is 8.40. The Morgan fingerprint density at radius 3 is 2.41 bits per heavy atom. The van der Waals surface area contributed by atoms with E-state index in [0.717, 1.165) is 32.4 Å². The quantitative estimate of drug-likeness (QED) is 0.712. The summed E-state index contributed by atoms with van der Waals surface area (Å²) in [5.41, 5.74) is 1.85. The van der Waals surface area contributed by atoms with E-state index >= 15 is 0 Å². The fourth-order valence-electron chi connectivity index (χ4n) is 1.89. The molecule has 1 aromatic rings. The fraction of sp³-hybridized carbons (Fsp3) is 0.600. The highest BCUT2D eigenvalue weighted by Crippen LogP contribution is 2.16. The van der Waals surface area contributed by atoms with Crippen LogP contribution in [-0.4, -0.2) is 23.8 Å². The number of aliphatic hydroxyl groups is 1. The number of benzene rings is 1. The molecular formula is C15H25NO. The molecule has 0 saturated carbocycles. The van der Waals surface area contributed by atoms with E-state index in [1.165, 1.54) is 11.1 Å². The minimum absolute atomic E-state index is 0.615. The molecule has 0 amide bonds. The summed E-state index contributed by atoms with van der Waals surface area (Å²) < 4.78 is 0. The minimum Gasteiger partial charge on any atom is -0.390 e. The van der Waals surface area contributed by atoms with Crippen LogP contribution in [0.5, 0.6) is 0 Å². The molecular weight excluding hydrogens is 210 g/mol. The maximum Gasteiger partial charge on any atom is 0.0672 e. The summed E-state index contributed by atoms with van der Waals surface area (Å²) in [5, 5.41) is 13.6. The molecule has 1 atom stereocenters. The third kappa shape index (κ3) is 5.85. The highest BCUT2D eigenvalue weighted by atomic mass is 16.3. The van der Waals surface area contributed by atoms with Crippen molar-refractivity contribution < 1.29 is 5.11 Å². The van der Waals surface area contributed by atoms with Crippen LogP contribution >= 0.6 is 0 Å². The molecule has 2 nitrogen and oxygen atoms in total. The first-order valence-electron chi connectivity index (χ1n) is 6.52. The van der Waals surface area contributed by atoms with Gasteiger partial charge in [-0.05, 0) is 45.3 Å². The van der Waals surface area contributed by atoms with E-state index in [2.05, 4.69) is 43.4 Å². The van der Waals surface area contributed by atoms with E-state index in [0.29, 0.717) is 0 Å². The Morgan fingerprint density at radius 1 is 1.18 bits per heavy atom. The number of hydrogen-bond acceptors (Lipinski definition) is 2. The van der Waals surface area contributed by atoms with Crippen LogP contribution in [0.15, 0.2) is 24.3 Å². The molecule has 0 aromatic heterocycles. The van der Waals surface area contributed by atoms with Gasteiger partial charge in [0.2, 0.25) is 0 Å². The van der Waals surface area contributed by atoms with Gasteiger partial charge in [-0.25, -0.2) is 0 Å². The van der Waals surface area contributed by atoms with Crippen LogP contribution in [0, 0.1) is 6.92 Å². The van der Waals surface area contributed by atoms with Crippen molar-refractivity contribution in [2.75, 3.05) is 13.1 Å². The Balaban J connectivity index is 2.40. The van der Waals surface area contributed by atoms with Crippen molar-refractivity contribution in [2.24, 2.45) is 0 Å². The monoisotopic (exact) mass is 235 g/mol. The van der Waals surface area contributed by atoms with Crippen molar-refractivity contribution in [1.82, 2.24) is 5.32 Å². The fourth-order valence-corrected chi connectivity index (χ4v) is 1.89. The van der Waals surface area contributed by atoms with E-state index < -0.39 is 5.60 Å². The second-order valence-corrected chi connectivity index (χ2v) is 5.16. The zero-order chi connectivity index (χ0) is 12.7. The summed E-state index contributed by atoms with van der Waals surface area (Å²) >= 11 is 0. The number of hydrogen-bond donors (Lipinski definition) is 2. The molecule has 0 aliphatic carbocycles. The van der Waals surface area contributed by atoms with Gasteiger partial charge in [0.25, 0.3) is 0 Å². The second kappa shape index (κ2) is 6.77. The zero-order valence-corrected chi connectivity index (χ0v) is 11.3. The first-order chi connectivity index (χ1) is 8.03. The lowest BCUT2D eigenvalue weighted by Gasteiger charge is -2.23. The lowest BCUT2D eigenvalue weighted by Crippen LogP contribution is -2.32. The lowest BCUT2D eigenvalue weighted by atomic mass is 9.93. The summed E-state index contributed by atoms with van der Waals surface area (Å²) in [7, 11) is 0. The van der Waals surface area contributed by atoms with Crippen LogP contribution in [0.4, 0.5) is 0 Å². The molecule has 17 heavy (non-hydrogen) atoms. The van der Waals surface area contributed by atoms with Crippen molar-refractivity contribution in [3.05, 3.63) is 35.4 Å². The number of rotatable bonds is 7. The standard InChI is InChI=1S/C15H25NO/c1-4-10-16-11-9-15(3,17)12-14-7-5-13(2)6-8-14/h5-8,16-17H,4,9-12H2,1-3H3. The van der Waals surface area contributed by atoms with Gasteiger partial charge in [0.05, 0.1) is 5.60 Å². The van der Waals surface area contributed by atoms with Gasteiger partial charge in [0.15, 0.2) is 0 Å². The van der Waals surface area contributed by atoms with Crippen LogP contribution in [-0.2, 0) is 6.42 Å². The van der Waals surface area contributed by atoms with Gasteiger partial charge < -0.3 is 10.4 Å². The Hall–Kier alpha value is -0.860. The molecule has 0 spiro atoms. The maximum atomic E-state index is 10.3. The lowest BCUT2D eigenvalue weighted by molar-refractivity contribution is 0.0516. The molecule has 0 heterocycles. The van der Waals surface area contributed by atoms with Crippen molar-refractivity contribution >= 4 is 0 Å². The third-order valence-electron chi connectivity index (χ3n) is 2.97. The molecule has 0 fully saturated rings. The molecule has 96 valence electrons. The molecule has 0 bridgehead atoms. The van der Waals surface area contributed by atoms with E-state index in [4.69, 9.17) is 0 Å². The smallest absolute Gasteiger partial charge is 0.0672 e. The third-order valence-corrected chi connectivity index (χ3v) is 2.97.